The van der Waals surface area contributed by atoms with Gasteiger partial charge in [0.1, 0.15) is 0 Å². The maximum atomic E-state index is 11.0. The zero-order valence-electron chi connectivity index (χ0n) is 14.6. The second-order valence-corrected chi connectivity index (χ2v) is 4.72. The van der Waals surface area contributed by atoms with Crippen LogP contribution in [-0.4, -0.2) is 87.0 Å². The van der Waals surface area contributed by atoms with Crippen LogP contribution >= 0.6 is 0 Å². The monoisotopic (exact) mass is 496 g/mol. The molecule has 0 radical (unpaired) electrons. The van der Waals surface area contributed by atoms with Crippen LogP contribution in [-0.2, 0) is 9.47 Å². The molecule has 8 nitrogen and oxygen atoms in total. The first-order valence-corrected chi connectivity index (χ1v) is 7.09. The van der Waals surface area contributed by atoms with Crippen LogP contribution in [0.15, 0.2) is 48.5 Å². The fourth-order valence-electron chi connectivity index (χ4n) is 1.78. The molecule has 2 aromatic rings. The van der Waals surface area contributed by atoms with Gasteiger partial charge in [-0.15, -0.1) is 0 Å². The molecule has 0 aliphatic heterocycles. The van der Waals surface area contributed by atoms with E-state index in [-0.39, 0.29) is 71.1 Å². The molecule has 0 spiro atoms. The standard InChI is InChI=1S/2C9H8O4.Ba/c2*1-13-9(12)7-4-2-3-6(5-7)8(10)11;/h2*2-5H,1H3,(H,10,11);/q;;+2/p-2. The number of benzene rings is 2. The molecule has 0 aromatic heterocycles. The van der Waals surface area contributed by atoms with Crippen LogP contribution in [0, 0.1) is 0 Å². The third-order valence-corrected chi connectivity index (χ3v) is 3.04. The molecule has 2 rings (SSSR count). The fourth-order valence-corrected chi connectivity index (χ4v) is 1.78. The number of carboxylic acids is 2. The van der Waals surface area contributed by atoms with E-state index in [1.807, 2.05) is 0 Å². The Balaban J connectivity index is 0.000000483. The van der Waals surface area contributed by atoms with E-state index in [9.17, 15) is 29.4 Å². The van der Waals surface area contributed by atoms with Crippen LogP contribution in [0.4, 0.5) is 0 Å². The number of carbonyl (C=O) groups is 4. The van der Waals surface area contributed by atoms with Crippen LogP contribution in [0.1, 0.15) is 41.4 Å². The Bertz CT molecular complexity index is 762. The van der Waals surface area contributed by atoms with Gasteiger partial charge in [-0.05, 0) is 35.4 Å². The Kier molecular flexibility index (Phi) is 11.3. The minimum Gasteiger partial charge on any atom is -0.545 e. The summed E-state index contributed by atoms with van der Waals surface area (Å²) in [5.41, 5.74) is 0.319. The van der Waals surface area contributed by atoms with Gasteiger partial charge in [-0.2, -0.15) is 0 Å². The fraction of sp³-hybridized carbons (Fsp3) is 0.111. The number of carbonyl (C=O) groups excluding carboxylic acids is 4. The van der Waals surface area contributed by atoms with Crippen molar-refractivity contribution in [2.24, 2.45) is 0 Å². The van der Waals surface area contributed by atoms with Crippen molar-refractivity contribution in [1.82, 2.24) is 0 Å². The summed E-state index contributed by atoms with van der Waals surface area (Å²) in [7, 11) is 2.46. The van der Waals surface area contributed by atoms with Gasteiger partial charge in [-0.25, -0.2) is 9.59 Å². The van der Waals surface area contributed by atoms with Crippen molar-refractivity contribution in [2.45, 2.75) is 0 Å². The summed E-state index contributed by atoms with van der Waals surface area (Å²) in [5, 5.41) is 20.8. The molecular formula is C18H14BaO8. The molecule has 136 valence electrons. The molecule has 27 heavy (non-hydrogen) atoms. The molecular weight excluding hydrogens is 482 g/mol. The van der Waals surface area contributed by atoms with Gasteiger partial charge in [0, 0.05) is 0 Å². The van der Waals surface area contributed by atoms with Gasteiger partial charge >= 0.3 is 60.8 Å². The third kappa shape index (κ3) is 7.97. The maximum Gasteiger partial charge on any atom is 2.00 e. The van der Waals surface area contributed by atoms with E-state index in [1.165, 1.54) is 62.8 Å². The summed E-state index contributed by atoms with van der Waals surface area (Å²) in [6, 6.07) is 11.0. The first kappa shape index (κ1) is 24.9. The Labute approximate surface area is 195 Å². The SMILES string of the molecule is COC(=O)c1cccc(C(=O)[O-])c1.COC(=O)c1cccc(C(=O)[O-])c1.[Ba+2]. The first-order valence-electron chi connectivity index (χ1n) is 7.09. The quantitative estimate of drug-likeness (QED) is 0.401. The van der Waals surface area contributed by atoms with Gasteiger partial charge in [-0.3, -0.25) is 0 Å². The summed E-state index contributed by atoms with van der Waals surface area (Å²) in [6.45, 7) is 0. The number of hydrogen-bond donors (Lipinski definition) is 0. The Morgan fingerprint density at radius 3 is 1.22 bits per heavy atom. The van der Waals surface area contributed by atoms with Gasteiger partial charge in [0.05, 0.1) is 37.3 Å². The van der Waals surface area contributed by atoms with E-state index >= 15 is 0 Å². The predicted molar refractivity (Wildman–Crippen MR) is 90.0 cm³/mol. The van der Waals surface area contributed by atoms with Crippen molar-refractivity contribution < 1.29 is 38.9 Å². The third-order valence-electron chi connectivity index (χ3n) is 3.04. The van der Waals surface area contributed by atoms with E-state index in [0.29, 0.717) is 0 Å². The van der Waals surface area contributed by atoms with E-state index in [4.69, 9.17) is 0 Å². The van der Waals surface area contributed by atoms with Crippen molar-refractivity contribution in [1.29, 1.82) is 0 Å². The van der Waals surface area contributed by atoms with Crippen LogP contribution in [0.2, 0.25) is 0 Å². The van der Waals surface area contributed by atoms with E-state index in [0.717, 1.165) is 0 Å². The minimum absolute atomic E-state index is 0. The Hall–Kier alpha value is -2.11. The van der Waals surface area contributed by atoms with Crippen molar-refractivity contribution in [3.05, 3.63) is 70.8 Å². The van der Waals surface area contributed by atoms with Crippen LogP contribution in [0.3, 0.4) is 0 Å². The number of carboxylic acid groups (broad SMARTS) is 2. The van der Waals surface area contributed by atoms with Crippen LogP contribution in [0.5, 0.6) is 0 Å². The number of aromatic carboxylic acids is 2. The molecule has 0 bridgehead atoms. The number of ether oxygens (including phenoxy) is 2. The molecule has 2 aromatic carbocycles. The van der Waals surface area contributed by atoms with Crippen molar-refractivity contribution >= 4 is 72.8 Å². The maximum absolute atomic E-state index is 11.0. The second-order valence-electron chi connectivity index (χ2n) is 4.72. The Morgan fingerprint density at radius 1 is 0.667 bits per heavy atom. The molecule has 0 saturated carbocycles. The van der Waals surface area contributed by atoms with E-state index in [1.54, 1.807) is 0 Å². The van der Waals surface area contributed by atoms with Gasteiger partial charge in [0.2, 0.25) is 0 Å². The topological polar surface area (TPSA) is 133 Å². The van der Waals surface area contributed by atoms with E-state index in [2.05, 4.69) is 9.47 Å². The number of methoxy groups -OCH3 is 2. The van der Waals surface area contributed by atoms with Crippen molar-refractivity contribution in [3.63, 3.8) is 0 Å². The van der Waals surface area contributed by atoms with Crippen molar-refractivity contribution in [3.8, 4) is 0 Å². The summed E-state index contributed by atoms with van der Waals surface area (Å²) >= 11 is 0. The largest absolute Gasteiger partial charge is 2.00 e. The van der Waals surface area contributed by atoms with E-state index < -0.39 is 23.9 Å². The zero-order chi connectivity index (χ0) is 19.7. The first-order chi connectivity index (χ1) is 12.3. The van der Waals surface area contributed by atoms with Gasteiger partial charge < -0.3 is 29.3 Å². The number of rotatable bonds is 4. The van der Waals surface area contributed by atoms with Gasteiger partial charge in [0.15, 0.2) is 0 Å². The van der Waals surface area contributed by atoms with Crippen molar-refractivity contribution in [2.75, 3.05) is 14.2 Å². The summed E-state index contributed by atoms with van der Waals surface area (Å²) in [5.74, 6) is -3.76. The van der Waals surface area contributed by atoms with Gasteiger partial charge in [-0.1, -0.05) is 24.3 Å². The molecule has 0 saturated heterocycles. The van der Waals surface area contributed by atoms with Crippen LogP contribution < -0.4 is 10.2 Å². The second kappa shape index (κ2) is 12.3. The molecule has 9 heteroatoms. The Morgan fingerprint density at radius 2 is 0.963 bits per heavy atom. The molecule has 0 atom stereocenters. The molecule has 0 fully saturated rings. The average Bonchev–Trinajstić information content (AvgIpc) is 2.67. The minimum atomic E-state index is -1.31. The zero-order valence-corrected chi connectivity index (χ0v) is 19.0. The van der Waals surface area contributed by atoms with Crippen LogP contribution in [0.25, 0.3) is 0 Å². The molecule has 0 unspecified atom stereocenters. The molecule has 0 amide bonds. The normalized spacial score (nSPS) is 8.96. The summed E-state index contributed by atoms with van der Waals surface area (Å²) < 4.78 is 8.84. The molecule has 0 heterocycles. The molecule has 0 N–H and O–H groups in total. The summed E-state index contributed by atoms with van der Waals surface area (Å²) in [4.78, 5) is 42.7. The number of esters is 2. The molecule has 0 aliphatic rings. The molecule has 0 aliphatic carbocycles. The van der Waals surface area contributed by atoms with Gasteiger partial charge in [0.25, 0.3) is 0 Å². The number of hydrogen-bond acceptors (Lipinski definition) is 8. The predicted octanol–water partition coefficient (Wildman–Crippen LogP) is -0.707. The average molecular weight is 496 g/mol. The smallest absolute Gasteiger partial charge is 0.545 e. The summed E-state index contributed by atoms with van der Waals surface area (Å²) in [6.07, 6.45) is 0.